The second-order valence-corrected chi connectivity index (χ2v) is 1.56. The molecule has 0 unspecified atom stereocenters. The number of hydrogen-bond donors (Lipinski definition) is 3. The number of aliphatic carboxylic acids is 3. The summed E-state index contributed by atoms with van der Waals surface area (Å²) in [6.07, 6.45) is 0. The molecule has 0 heterocycles. The van der Waals surface area contributed by atoms with Gasteiger partial charge >= 0.3 is 0 Å². The van der Waals surface area contributed by atoms with E-state index >= 15 is 0 Å². The third kappa shape index (κ3) is 9590. The largest absolute Gasteiger partial charge is 0.481 e. The van der Waals surface area contributed by atoms with Crippen molar-refractivity contribution in [2.24, 2.45) is 0 Å². The van der Waals surface area contributed by atoms with Crippen LogP contribution < -0.4 is 0 Å². The molecule has 0 bridgehead atoms. The van der Waals surface area contributed by atoms with Gasteiger partial charge in [-0.15, -0.1) is 0 Å². The van der Waals surface area contributed by atoms with Crippen LogP contribution in [-0.2, 0) is 14.4 Å². The van der Waals surface area contributed by atoms with Crippen molar-refractivity contribution in [3.63, 3.8) is 0 Å². The zero-order chi connectivity index (χ0) is 10.7. The summed E-state index contributed by atoms with van der Waals surface area (Å²) in [7, 11) is 0. The van der Waals surface area contributed by atoms with Crippen molar-refractivity contribution in [3.8, 4) is 0 Å². The van der Waals surface area contributed by atoms with E-state index < -0.39 is 17.9 Å². The van der Waals surface area contributed by atoms with E-state index in [0.717, 1.165) is 20.8 Å². The quantitative estimate of drug-likeness (QED) is 0.493. The first kappa shape index (κ1) is 29.2. The molecule has 0 aliphatic carbocycles. The van der Waals surface area contributed by atoms with E-state index in [-0.39, 0.29) is 43.2 Å². The van der Waals surface area contributed by atoms with E-state index in [1.54, 1.807) is 0 Å². The van der Waals surface area contributed by atoms with Crippen LogP contribution in [-0.4, -0.2) is 38.7 Å². The first-order valence-corrected chi connectivity index (χ1v) is 2.78. The first-order valence-electron chi connectivity index (χ1n) is 2.78. The maximum atomic E-state index is 9.00. The van der Waals surface area contributed by atoms with Gasteiger partial charge in [-0.25, -0.2) is 0 Å². The first-order chi connectivity index (χ1) is 5.20. The van der Waals surface area contributed by atoms with E-state index in [4.69, 9.17) is 29.7 Å². The third-order valence-corrected chi connectivity index (χ3v) is 0. The average Bonchev–Trinajstić information content (AvgIpc) is 1.54. The van der Waals surface area contributed by atoms with Gasteiger partial charge < -0.3 is 20.8 Å². The SMILES string of the molecule is CC(=O)O.CC(=O)O.CC(=O)O.O.[Ho]. The van der Waals surface area contributed by atoms with Gasteiger partial charge in [0.05, 0.1) is 0 Å². The normalized spacial score (nSPS) is 5.36. The molecule has 0 amide bonds. The Morgan fingerprint density at radius 2 is 0.714 bits per heavy atom. The maximum absolute atomic E-state index is 9.00. The van der Waals surface area contributed by atoms with Crippen molar-refractivity contribution >= 4 is 17.9 Å². The summed E-state index contributed by atoms with van der Waals surface area (Å²) >= 11 is 0. The van der Waals surface area contributed by atoms with Gasteiger partial charge in [0, 0.05) is 58.5 Å². The Morgan fingerprint density at radius 1 is 0.714 bits per heavy atom. The summed E-state index contributed by atoms with van der Waals surface area (Å²) < 4.78 is 0. The van der Waals surface area contributed by atoms with E-state index in [9.17, 15) is 0 Å². The van der Waals surface area contributed by atoms with Crippen LogP contribution in [0.15, 0.2) is 0 Å². The fourth-order valence-electron chi connectivity index (χ4n) is 0. The molecule has 0 fully saturated rings. The molecule has 0 saturated carbocycles. The van der Waals surface area contributed by atoms with Crippen LogP contribution in [0.25, 0.3) is 0 Å². The molecular formula is C6H14HoO7. The Kier molecular flexibility index (Phi) is 47.8. The molecule has 0 saturated heterocycles. The Balaban J connectivity index is -0.0000000270. The summed E-state index contributed by atoms with van der Waals surface area (Å²) in [5, 5.41) is 22.2. The van der Waals surface area contributed by atoms with Crippen LogP contribution >= 0.6 is 0 Å². The Hall–Kier alpha value is -0.370. The van der Waals surface area contributed by atoms with Crippen LogP contribution in [0.3, 0.4) is 0 Å². The molecule has 0 spiro atoms. The van der Waals surface area contributed by atoms with Crippen molar-refractivity contribution in [1.29, 1.82) is 0 Å². The van der Waals surface area contributed by atoms with Gasteiger partial charge in [0.25, 0.3) is 17.9 Å². The summed E-state index contributed by atoms with van der Waals surface area (Å²) in [5.41, 5.74) is 0. The summed E-state index contributed by atoms with van der Waals surface area (Å²) in [6.45, 7) is 3.25. The molecule has 0 aromatic carbocycles. The molecule has 8 heteroatoms. The molecule has 7 nitrogen and oxygen atoms in total. The van der Waals surface area contributed by atoms with Crippen LogP contribution in [0.5, 0.6) is 0 Å². The predicted octanol–water partition coefficient (Wildman–Crippen LogP) is -0.552. The zero-order valence-electron chi connectivity index (χ0n) is 7.87. The van der Waals surface area contributed by atoms with Crippen LogP contribution in [0.4, 0.5) is 0 Å². The Bertz CT molecular complexity index is 116. The molecule has 1 radical (unpaired) electrons. The fraction of sp³-hybridized carbons (Fsp3) is 0.500. The van der Waals surface area contributed by atoms with Gasteiger partial charge in [0.1, 0.15) is 0 Å². The second-order valence-electron chi connectivity index (χ2n) is 1.56. The molecule has 0 aromatic rings. The molecule has 5 N–H and O–H groups in total. The van der Waals surface area contributed by atoms with Gasteiger partial charge in [-0.1, -0.05) is 0 Å². The van der Waals surface area contributed by atoms with Gasteiger partial charge in [-0.3, -0.25) is 14.4 Å². The van der Waals surface area contributed by atoms with Gasteiger partial charge in [-0.2, -0.15) is 0 Å². The predicted molar refractivity (Wildman–Crippen MR) is 43.5 cm³/mol. The monoisotopic (exact) mass is 363 g/mol. The van der Waals surface area contributed by atoms with Crippen LogP contribution in [0.1, 0.15) is 20.8 Å². The minimum Gasteiger partial charge on any atom is -0.481 e. The number of hydrogen-bond acceptors (Lipinski definition) is 3. The summed E-state index contributed by atoms with van der Waals surface area (Å²) in [4.78, 5) is 27.0. The maximum Gasteiger partial charge on any atom is 0.300 e. The summed E-state index contributed by atoms with van der Waals surface area (Å²) in [5.74, 6) is -2.50. The van der Waals surface area contributed by atoms with Crippen molar-refractivity contribution in [1.82, 2.24) is 0 Å². The smallest absolute Gasteiger partial charge is 0.300 e. The zero-order valence-corrected chi connectivity index (χ0v) is 9.80. The molecule has 0 atom stereocenters. The second kappa shape index (κ2) is 22.9. The van der Waals surface area contributed by atoms with Gasteiger partial charge in [0.15, 0.2) is 0 Å². The topological polar surface area (TPSA) is 143 Å². The standard InChI is InChI=1S/3C2H4O2.Ho.H2O/c3*1-2(3)4;;/h3*1H3,(H,3,4);;1H2. The minimum atomic E-state index is -0.833. The van der Waals surface area contributed by atoms with E-state index in [0.29, 0.717) is 0 Å². The number of carboxylic acids is 3. The Labute approximate surface area is 111 Å². The van der Waals surface area contributed by atoms with E-state index in [1.807, 2.05) is 0 Å². The number of carbonyl (C=O) groups is 3. The molecule has 0 aliphatic rings. The van der Waals surface area contributed by atoms with Crippen molar-refractivity contribution in [2.75, 3.05) is 0 Å². The van der Waals surface area contributed by atoms with Crippen LogP contribution in [0.2, 0.25) is 0 Å². The summed E-state index contributed by atoms with van der Waals surface area (Å²) in [6, 6.07) is 0. The molecule has 0 rings (SSSR count). The number of carboxylic acid groups (broad SMARTS) is 3. The van der Waals surface area contributed by atoms with Crippen LogP contribution in [0, 0.1) is 37.7 Å². The van der Waals surface area contributed by atoms with Crippen molar-refractivity contribution < 1.29 is 72.9 Å². The van der Waals surface area contributed by atoms with Gasteiger partial charge in [0.2, 0.25) is 0 Å². The van der Waals surface area contributed by atoms with Crippen molar-refractivity contribution in [2.45, 2.75) is 20.8 Å². The molecular weight excluding hydrogens is 349 g/mol. The van der Waals surface area contributed by atoms with E-state index in [1.165, 1.54) is 0 Å². The Morgan fingerprint density at radius 3 is 0.714 bits per heavy atom. The molecule has 0 aromatic heterocycles. The third-order valence-electron chi connectivity index (χ3n) is 0. The van der Waals surface area contributed by atoms with Crippen molar-refractivity contribution in [3.05, 3.63) is 0 Å². The number of rotatable bonds is 0. The van der Waals surface area contributed by atoms with Gasteiger partial charge in [-0.05, 0) is 0 Å². The van der Waals surface area contributed by atoms with E-state index in [2.05, 4.69) is 0 Å². The fourth-order valence-corrected chi connectivity index (χ4v) is 0. The minimum absolute atomic E-state index is 0. The molecule has 14 heavy (non-hydrogen) atoms. The molecule has 0 aliphatic heterocycles. The molecule has 91 valence electrons. The average molecular weight is 363 g/mol.